The van der Waals surface area contributed by atoms with Crippen molar-refractivity contribution in [2.45, 2.75) is 44.9 Å². The van der Waals surface area contributed by atoms with E-state index in [4.69, 9.17) is 16.1 Å². The smallest absolute Gasteiger partial charge is 0.419 e. The standard InChI is InChI=1S/C27H25FNO5P/c1-6-27(18(5)30,35(32)33)26(31)34-25-22(19-11-13-20(28)14-12-19)15-23(29-24(25)16(2)3)21-10-8-7-9-17(21)4/h1,7-16,18,30H,2-5H3/p+1. The van der Waals surface area contributed by atoms with Crippen molar-refractivity contribution in [3.8, 4) is 40.5 Å². The van der Waals surface area contributed by atoms with Crippen LogP contribution in [0.4, 0.5) is 4.39 Å². The van der Waals surface area contributed by atoms with E-state index >= 15 is 0 Å². The average molecular weight is 494 g/mol. The third-order valence-corrected chi connectivity index (χ3v) is 7.04. The third-order valence-electron chi connectivity index (χ3n) is 5.75. The largest absolute Gasteiger partial charge is 0.540 e. The molecule has 0 fully saturated rings. The van der Waals surface area contributed by atoms with Gasteiger partial charge in [0.25, 0.3) is 0 Å². The van der Waals surface area contributed by atoms with Crippen LogP contribution >= 0.6 is 8.03 Å². The summed E-state index contributed by atoms with van der Waals surface area (Å²) in [5.74, 6) is 0.0481. The van der Waals surface area contributed by atoms with E-state index in [9.17, 15) is 23.7 Å². The Labute approximate surface area is 204 Å². The number of terminal acetylenes is 1. The van der Waals surface area contributed by atoms with Gasteiger partial charge < -0.3 is 9.84 Å². The van der Waals surface area contributed by atoms with Crippen LogP contribution in [-0.4, -0.2) is 32.2 Å². The van der Waals surface area contributed by atoms with Gasteiger partial charge in [0.15, 0.2) is 5.75 Å². The molecule has 3 aromatic rings. The van der Waals surface area contributed by atoms with Crippen molar-refractivity contribution in [1.82, 2.24) is 4.98 Å². The lowest BCUT2D eigenvalue weighted by Crippen LogP contribution is -2.46. The van der Waals surface area contributed by atoms with Crippen molar-refractivity contribution in [2.75, 3.05) is 0 Å². The Morgan fingerprint density at radius 1 is 1.14 bits per heavy atom. The number of carbonyl (C=O) groups excluding carboxylic acids is 1. The van der Waals surface area contributed by atoms with Crippen LogP contribution in [0.1, 0.15) is 37.9 Å². The van der Waals surface area contributed by atoms with Gasteiger partial charge in [-0.3, -0.25) is 0 Å². The van der Waals surface area contributed by atoms with Crippen molar-refractivity contribution in [2.24, 2.45) is 0 Å². The van der Waals surface area contributed by atoms with Gasteiger partial charge >= 0.3 is 19.2 Å². The number of carbonyl (C=O) groups is 1. The zero-order chi connectivity index (χ0) is 25.9. The van der Waals surface area contributed by atoms with Crippen LogP contribution in [-0.2, 0) is 9.36 Å². The van der Waals surface area contributed by atoms with Gasteiger partial charge in [0, 0.05) is 11.1 Å². The van der Waals surface area contributed by atoms with E-state index in [1.165, 1.54) is 24.3 Å². The Kier molecular flexibility index (Phi) is 7.82. The van der Waals surface area contributed by atoms with Crippen LogP contribution in [0.3, 0.4) is 0 Å². The molecule has 0 spiro atoms. The van der Waals surface area contributed by atoms with Crippen LogP contribution in [0.2, 0.25) is 0 Å². The molecule has 0 aliphatic carbocycles. The number of aliphatic hydroxyl groups is 1. The Balaban J connectivity index is 2.31. The van der Waals surface area contributed by atoms with Crippen LogP contribution in [0, 0.1) is 25.1 Å². The minimum atomic E-state index is -3.34. The molecule has 0 aliphatic rings. The molecule has 0 amide bonds. The minimum absolute atomic E-state index is 0.0195. The second-order valence-corrected chi connectivity index (χ2v) is 9.75. The van der Waals surface area contributed by atoms with Crippen molar-refractivity contribution < 1.29 is 28.5 Å². The number of ether oxygens (including phenoxy) is 1. The van der Waals surface area contributed by atoms with Gasteiger partial charge in [0.1, 0.15) is 11.9 Å². The second-order valence-electron chi connectivity index (χ2n) is 8.50. The Bertz CT molecular complexity index is 1310. The molecule has 6 nitrogen and oxygen atoms in total. The van der Waals surface area contributed by atoms with E-state index in [2.05, 4.69) is 0 Å². The summed E-state index contributed by atoms with van der Waals surface area (Å²) < 4.78 is 31.5. The molecule has 3 atom stereocenters. The molecular formula is C27H26FNO5P+. The summed E-state index contributed by atoms with van der Waals surface area (Å²) in [6.45, 7) is 6.80. The highest BCUT2D eigenvalue weighted by Crippen LogP contribution is 2.43. The monoisotopic (exact) mass is 494 g/mol. The summed E-state index contributed by atoms with van der Waals surface area (Å²) in [6, 6.07) is 15.0. The highest BCUT2D eigenvalue weighted by Gasteiger charge is 2.62. The molecule has 8 heteroatoms. The molecule has 1 heterocycles. The number of rotatable bonds is 7. The van der Waals surface area contributed by atoms with Crippen molar-refractivity contribution in [3.63, 3.8) is 0 Å². The quantitative estimate of drug-likeness (QED) is 0.260. The summed E-state index contributed by atoms with van der Waals surface area (Å²) in [5.41, 5.74) is 3.78. The molecular weight excluding hydrogens is 468 g/mol. The fourth-order valence-corrected chi connectivity index (χ4v) is 4.34. The molecule has 180 valence electrons. The molecule has 0 aliphatic heterocycles. The van der Waals surface area contributed by atoms with Gasteiger partial charge in [-0.15, -0.1) is 6.42 Å². The summed E-state index contributed by atoms with van der Waals surface area (Å²) in [4.78, 5) is 27.8. The number of halogens is 1. The fourth-order valence-electron chi connectivity index (χ4n) is 3.71. The normalized spacial score (nSPS) is 14.1. The first-order valence-corrected chi connectivity index (χ1v) is 12.1. The average Bonchev–Trinajstić information content (AvgIpc) is 2.80. The number of benzene rings is 2. The SMILES string of the molecule is C#CC(C(=O)Oc1c(-c2ccc(F)cc2)cc(-c2ccccc2C)nc1C(C)C)(C(C)O)[P+](=O)O. The van der Waals surface area contributed by atoms with Crippen LogP contribution < -0.4 is 4.74 Å². The topological polar surface area (TPSA) is 96.7 Å². The predicted octanol–water partition coefficient (Wildman–Crippen LogP) is 5.38. The highest BCUT2D eigenvalue weighted by atomic mass is 31.1. The molecule has 0 saturated carbocycles. The Hall–Kier alpha value is -3.43. The van der Waals surface area contributed by atoms with E-state index in [0.29, 0.717) is 22.5 Å². The number of aliphatic hydroxyl groups excluding tert-OH is 1. The lowest BCUT2D eigenvalue weighted by Gasteiger charge is -2.22. The van der Waals surface area contributed by atoms with Crippen molar-refractivity contribution in [1.29, 1.82) is 0 Å². The molecule has 0 bridgehead atoms. The third kappa shape index (κ3) is 5.01. The molecule has 35 heavy (non-hydrogen) atoms. The summed E-state index contributed by atoms with van der Waals surface area (Å²) in [5, 5.41) is 7.68. The second kappa shape index (κ2) is 10.5. The number of esters is 1. The lowest BCUT2D eigenvalue weighted by molar-refractivity contribution is -0.138. The van der Waals surface area contributed by atoms with E-state index in [0.717, 1.165) is 18.1 Å². The van der Waals surface area contributed by atoms with Crippen LogP contribution in [0.25, 0.3) is 22.4 Å². The number of nitrogens with zero attached hydrogens (tertiary/aromatic N) is 1. The van der Waals surface area contributed by atoms with Crippen molar-refractivity contribution in [3.05, 3.63) is 71.7 Å². The highest BCUT2D eigenvalue weighted by molar-refractivity contribution is 7.42. The number of hydrogen-bond acceptors (Lipinski definition) is 5. The zero-order valence-electron chi connectivity index (χ0n) is 19.8. The number of hydrogen-bond donors (Lipinski definition) is 2. The number of pyridine rings is 1. The number of aromatic nitrogens is 1. The number of aryl methyl sites for hydroxylation is 1. The fraction of sp³-hybridized carbons (Fsp3) is 0.259. The van der Waals surface area contributed by atoms with E-state index in [1.54, 1.807) is 6.07 Å². The summed E-state index contributed by atoms with van der Waals surface area (Å²) >= 11 is 0. The molecule has 0 radical (unpaired) electrons. The van der Waals surface area contributed by atoms with Gasteiger partial charge in [0.05, 0.1) is 11.4 Å². The summed E-state index contributed by atoms with van der Waals surface area (Å²) in [6.07, 6.45) is 3.77. The molecule has 2 N–H and O–H groups in total. The predicted molar refractivity (Wildman–Crippen MR) is 133 cm³/mol. The summed E-state index contributed by atoms with van der Waals surface area (Å²) in [7, 11) is -3.34. The van der Waals surface area contributed by atoms with E-state index in [-0.39, 0.29) is 11.7 Å². The van der Waals surface area contributed by atoms with Gasteiger partial charge in [-0.05, 0) is 59.6 Å². The van der Waals surface area contributed by atoms with E-state index in [1.807, 2.05) is 51.0 Å². The molecule has 3 rings (SSSR count). The first-order chi connectivity index (χ1) is 16.5. The Morgan fingerprint density at radius 2 is 1.77 bits per heavy atom. The Morgan fingerprint density at radius 3 is 2.29 bits per heavy atom. The van der Waals surface area contributed by atoms with E-state index < -0.39 is 31.1 Å². The maximum absolute atomic E-state index is 13.7. The van der Waals surface area contributed by atoms with Gasteiger partial charge in [-0.1, -0.05) is 50.2 Å². The zero-order valence-corrected chi connectivity index (χ0v) is 20.7. The maximum atomic E-state index is 13.7. The molecule has 0 saturated heterocycles. The van der Waals surface area contributed by atoms with Gasteiger partial charge in [-0.2, -0.15) is 4.89 Å². The molecule has 2 aromatic carbocycles. The minimum Gasteiger partial charge on any atom is -0.419 e. The van der Waals surface area contributed by atoms with Gasteiger partial charge in [-0.25, -0.2) is 14.2 Å². The molecule has 3 unspecified atom stereocenters. The first kappa shape index (κ1) is 26.2. The first-order valence-electron chi connectivity index (χ1n) is 10.9. The molecule has 1 aromatic heterocycles. The van der Waals surface area contributed by atoms with Crippen LogP contribution in [0.5, 0.6) is 5.75 Å². The van der Waals surface area contributed by atoms with Crippen LogP contribution in [0.15, 0.2) is 54.6 Å². The maximum Gasteiger partial charge on any atom is 0.540 e. The lowest BCUT2D eigenvalue weighted by atomic mass is 9.96. The van der Waals surface area contributed by atoms with Crippen molar-refractivity contribution >= 4 is 14.0 Å². The van der Waals surface area contributed by atoms with Gasteiger partial charge in [0.2, 0.25) is 0 Å².